The highest BCUT2D eigenvalue weighted by atomic mass is 16.3. The van der Waals surface area contributed by atoms with E-state index in [1.807, 2.05) is 24.7 Å². The average molecular weight is 297 g/mol. The first-order valence-corrected chi connectivity index (χ1v) is 7.91. The second kappa shape index (κ2) is 6.99. The first kappa shape index (κ1) is 15.1. The van der Waals surface area contributed by atoms with Crippen LogP contribution in [0.5, 0.6) is 0 Å². The summed E-state index contributed by atoms with van der Waals surface area (Å²) in [4.78, 5) is 10.7. The summed E-state index contributed by atoms with van der Waals surface area (Å²) in [7, 11) is 0. The molecule has 2 aromatic heterocycles. The molecule has 1 N–H and O–H groups in total. The van der Waals surface area contributed by atoms with Crippen LogP contribution in [0, 0.1) is 5.41 Å². The van der Waals surface area contributed by atoms with Gasteiger partial charge in [-0.2, -0.15) is 0 Å². The van der Waals surface area contributed by atoms with E-state index < -0.39 is 0 Å². The number of hydrogen-bond donors (Lipinski definition) is 1. The quantitative estimate of drug-likeness (QED) is 0.889. The lowest BCUT2D eigenvalue weighted by Crippen LogP contribution is -2.31. The molecular weight excluding hydrogens is 274 g/mol. The number of pyridine rings is 2. The van der Waals surface area contributed by atoms with Gasteiger partial charge in [-0.15, -0.1) is 0 Å². The number of nitrogens with zero attached hydrogens (tertiary/aromatic N) is 3. The molecule has 3 heterocycles. The molecule has 4 heteroatoms. The van der Waals surface area contributed by atoms with Crippen LogP contribution in [-0.4, -0.2) is 39.7 Å². The third-order valence-corrected chi connectivity index (χ3v) is 4.68. The van der Waals surface area contributed by atoms with Crippen LogP contribution in [-0.2, 0) is 13.0 Å². The number of aromatic nitrogens is 2. The van der Waals surface area contributed by atoms with Gasteiger partial charge in [0.1, 0.15) is 0 Å². The number of aryl methyl sites for hydroxylation is 1. The van der Waals surface area contributed by atoms with Crippen LogP contribution in [0.25, 0.3) is 0 Å². The fourth-order valence-electron chi connectivity index (χ4n) is 3.28. The summed E-state index contributed by atoms with van der Waals surface area (Å²) in [6, 6.07) is 8.22. The Morgan fingerprint density at radius 1 is 1.09 bits per heavy atom. The fourth-order valence-corrected chi connectivity index (χ4v) is 3.28. The van der Waals surface area contributed by atoms with Crippen molar-refractivity contribution < 1.29 is 5.11 Å². The van der Waals surface area contributed by atoms with Crippen LogP contribution in [0.15, 0.2) is 49.1 Å². The molecule has 0 aromatic carbocycles. The van der Waals surface area contributed by atoms with E-state index in [0.717, 1.165) is 38.9 Å². The molecule has 0 unspecified atom stereocenters. The monoisotopic (exact) mass is 297 g/mol. The van der Waals surface area contributed by atoms with Gasteiger partial charge in [0.05, 0.1) is 0 Å². The SMILES string of the molecule is OC[C@@]1(CCc2ccncc2)CCN(Cc2cccnc2)C1. The minimum absolute atomic E-state index is 0.0332. The van der Waals surface area contributed by atoms with Crippen LogP contribution < -0.4 is 0 Å². The van der Waals surface area contributed by atoms with Gasteiger partial charge >= 0.3 is 0 Å². The summed E-state index contributed by atoms with van der Waals surface area (Å²) in [5.41, 5.74) is 2.57. The van der Waals surface area contributed by atoms with Gasteiger partial charge in [-0.3, -0.25) is 14.9 Å². The van der Waals surface area contributed by atoms with Crippen LogP contribution in [0.3, 0.4) is 0 Å². The molecule has 1 fully saturated rings. The molecule has 2 aromatic rings. The Morgan fingerprint density at radius 3 is 2.68 bits per heavy atom. The number of likely N-dealkylation sites (tertiary alicyclic amines) is 1. The number of aliphatic hydroxyl groups is 1. The first-order chi connectivity index (χ1) is 10.8. The van der Waals surface area contributed by atoms with Crippen molar-refractivity contribution >= 4 is 0 Å². The van der Waals surface area contributed by atoms with Crippen molar-refractivity contribution in [2.45, 2.75) is 25.8 Å². The van der Waals surface area contributed by atoms with Gasteiger partial charge in [0.25, 0.3) is 0 Å². The number of hydrogen-bond acceptors (Lipinski definition) is 4. The van der Waals surface area contributed by atoms with Crippen molar-refractivity contribution in [2.75, 3.05) is 19.7 Å². The molecule has 0 saturated carbocycles. The maximum atomic E-state index is 9.93. The van der Waals surface area contributed by atoms with E-state index in [-0.39, 0.29) is 12.0 Å². The Labute approximate surface area is 131 Å². The lowest BCUT2D eigenvalue weighted by molar-refractivity contribution is 0.118. The van der Waals surface area contributed by atoms with Gasteiger partial charge in [-0.1, -0.05) is 6.07 Å². The van der Waals surface area contributed by atoms with Crippen LogP contribution >= 0.6 is 0 Å². The predicted molar refractivity (Wildman–Crippen MR) is 86.2 cm³/mol. The second-order valence-corrected chi connectivity index (χ2v) is 6.34. The minimum atomic E-state index is 0.0332. The normalized spacial score (nSPS) is 22.0. The van der Waals surface area contributed by atoms with Crippen LogP contribution in [0.1, 0.15) is 24.0 Å². The molecule has 0 radical (unpaired) electrons. The summed E-state index contributed by atoms with van der Waals surface area (Å²) >= 11 is 0. The number of rotatable bonds is 6. The smallest absolute Gasteiger partial charge is 0.0500 e. The lowest BCUT2D eigenvalue weighted by Gasteiger charge is -2.27. The predicted octanol–water partition coefficient (Wildman–Crippen LogP) is 2.29. The van der Waals surface area contributed by atoms with Crippen LogP contribution in [0.4, 0.5) is 0 Å². The van der Waals surface area contributed by atoms with Crippen LogP contribution in [0.2, 0.25) is 0 Å². The topological polar surface area (TPSA) is 49.3 Å². The third kappa shape index (κ3) is 3.70. The van der Waals surface area contributed by atoms with E-state index in [1.165, 1.54) is 11.1 Å². The Hall–Kier alpha value is -1.78. The highest BCUT2D eigenvalue weighted by Crippen LogP contribution is 2.35. The minimum Gasteiger partial charge on any atom is -0.396 e. The zero-order valence-electron chi connectivity index (χ0n) is 12.9. The highest BCUT2D eigenvalue weighted by molar-refractivity contribution is 5.11. The average Bonchev–Trinajstić information content (AvgIpc) is 2.99. The Morgan fingerprint density at radius 2 is 1.95 bits per heavy atom. The molecule has 1 saturated heterocycles. The lowest BCUT2D eigenvalue weighted by atomic mass is 9.82. The Bertz CT molecular complexity index is 575. The zero-order chi connectivity index (χ0) is 15.3. The van der Waals surface area contributed by atoms with E-state index in [2.05, 4.69) is 33.1 Å². The summed E-state index contributed by atoms with van der Waals surface area (Å²) in [5.74, 6) is 0. The largest absolute Gasteiger partial charge is 0.396 e. The standard InChI is InChI=1S/C18H23N3O/c22-15-18(6-3-16-4-9-19-10-5-16)7-11-21(14-18)13-17-2-1-8-20-12-17/h1-2,4-5,8-10,12,22H,3,6-7,11,13-15H2/t18-/m0/s1. The van der Waals surface area contributed by atoms with Gasteiger partial charge in [0.2, 0.25) is 0 Å². The molecule has 0 amide bonds. The molecule has 22 heavy (non-hydrogen) atoms. The molecule has 1 aliphatic rings. The third-order valence-electron chi connectivity index (χ3n) is 4.68. The fraction of sp³-hybridized carbons (Fsp3) is 0.444. The summed E-state index contributed by atoms with van der Waals surface area (Å²) in [6.07, 6.45) is 10.5. The van der Waals surface area contributed by atoms with E-state index in [1.54, 1.807) is 6.20 Å². The molecule has 0 aliphatic carbocycles. The molecule has 4 nitrogen and oxygen atoms in total. The van der Waals surface area contributed by atoms with Gasteiger partial charge in [-0.25, -0.2) is 0 Å². The molecule has 3 rings (SSSR count). The van der Waals surface area contributed by atoms with E-state index >= 15 is 0 Å². The molecular formula is C18H23N3O. The second-order valence-electron chi connectivity index (χ2n) is 6.34. The van der Waals surface area contributed by atoms with Gasteiger partial charge in [0, 0.05) is 49.9 Å². The maximum Gasteiger partial charge on any atom is 0.0500 e. The first-order valence-electron chi connectivity index (χ1n) is 7.91. The molecule has 0 spiro atoms. The van der Waals surface area contributed by atoms with E-state index in [4.69, 9.17) is 0 Å². The Balaban J connectivity index is 1.58. The molecule has 1 aliphatic heterocycles. The van der Waals surface area contributed by atoms with E-state index in [9.17, 15) is 5.11 Å². The highest BCUT2D eigenvalue weighted by Gasteiger charge is 2.37. The zero-order valence-corrected chi connectivity index (χ0v) is 12.9. The van der Waals surface area contributed by atoms with Crippen molar-refractivity contribution in [3.8, 4) is 0 Å². The Kier molecular flexibility index (Phi) is 4.80. The van der Waals surface area contributed by atoms with Crippen molar-refractivity contribution in [1.82, 2.24) is 14.9 Å². The van der Waals surface area contributed by atoms with Crippen molar-refractivity contribution in [3.63, 3.8) is 0 Å². The summed E-state index contributed by atoms with van der Waals surface area (Å²) in [5, 5.41) is 9.93. The van der Waals surface area contributed by atoms with Gasteiger partial charge in [-0.05, 0) is 55.1 Å². The van der Waals surface area contributed by atoms with Gasteiger partial charge < -0.3 is 5.11 Å². The van der Waals surface area contributed by atoms with Crippen molar-refractivity contribution in [1.29, 1.82) is 0 Å². The molecule has 0 bridgehead atoms. The van der Waals surface area contributed by atoms with E-state index in [0.29, 0.717) is 0 Å². The summed E-state index contributed by atoms with van der Waals surface area (Å²) < 4.78 is 0. The number of aliphatic hydroxyl groups excluding tert-OH is 1. The van der Waals surface area contributed by atoms with Gasteiger partial charge in [0.15, 0.2) is 0 Å². The molecule has 1 atom stereocenters. The van der Waals surface area contributed by atoms with Crippen molar-refractivity contribution in [3.05, 3.63) is 60.2 Å². The van der Waals surface area contributed by atoms with Crippen molar-refractivity contribution in [2.24, 2.45) is 5.41 Å². The summed E-state index contributed by atoms with van der Waals surface area (Å²) in [6.45, 7) is 3.20. The maximum absolute atomic E-state index is 9.93. The molecule has 116 valence electrons.